The molecule has 2 aliphatic rings. The highest BCUT2D eigenvalue weighted by molar-refractivity contribution is 7.19. The number of nitrogens with one attached hydrogen (secondary N) is 2. The number of aryl methyl sites for hydroxylation is 1. The third kappa shape index (κ3) is 5.75. The molecule has 0 atom stereocenters. The summed E-state index contributed by atoms with van der Waals surface area (Å²) in [7, 11) is 0. The number of nitrogens with zero attached hydrogens (tertiary/aromatic N) is 3. The van der Waals surface area contributed by atoms with Crippen LogP contribution in [0.15, 0.2) is 42.6 Å². The zero-order valence-corrected chi connectivity index (χ0v) is 21.3. The van der Waals surface area contributed by atoms with Gasteiger partial charge < -0.3 is 15.0 Å². The molecule has 4 heterocycles. The maximum atomic E-state index is 12.5. The SMILES string of the molecule is Cc1c(CNC(=O)/C=C/c2cnc3c(c2)CN(CCCN2CCOCC2)C(=O)N3)sc2ccccc12. The number of ether oxygens (including phenoxy) is 1. The molecule has 188 valence electrons. The molecule has 0 bridgehead atoms. The van der Waals surface area contributed by atoms with Crippen LogP contribution in [0.2, 0.25) is 0 Å². The van der Waals surface area contributed by atoms with Crippen molar-refractivity contribution in [2.45, 2.75) is 26.4 Å². The summed E-state index contributed by atoms with van der Waals surface area (Å²) < 4.78 is 6.63. The Labute approximate surface area is 214 Å². The van der Waals surface area contributed by atoms with Crippen molar-refractivity contribution in [3.8, 4) is 0 Å². The average Bonchev–Trinajstić information content (AvgIpc) is 3.22. The highest BCUT2D eigenvalue weighted by Crippen LogP contribution is 2.30. The van der Waals surface area contributed by atoms with Gasteiger partial charge in [0, 0.05) is 53.6 Å². The lowest BCUT2D eigenvalue weighted by molar-refractivity contribution is -0.116. The first kappa shape index (κ1) is 24.4. The number of morpholine rings is 1. The van der Waals surface area contributed by atoms with E-state index in [-0.39, 0.29) is 11.9 Å². The van der Waals surface area contributed by atoms with Crippen molar-refractivity contribution in [3.63, 3.8) is 0 Å². The zero-order valence-electron chi connectivity index (χ0n) is 20.5. The lowest BCUT2D eigenvalue weighted by Gasteiger charge is -2.31. The first-order chi connectivity index (χ1) is 17.6. The minimum Gasteiger partial charge on any atom is -0.379 e. The van der Waals surface area contributed by atoms with Crippen LogP contribution >= 0.6 is 11.3 Å². The van der Waals surface area contributed by atoms with Gasteiger partial charge in [0.15, 0.2) is 0 Å². The number of hydrogen-bond donors (Lipinski definition) is 2. The Morgan fingerprint density at radius 1 is 1.25 bits per heavy atom. The Balaban J connectivity index is 1.15. The summed E-state index contributed by atoms with van der Waals surface area (Å²) in [5.74, 6) is 0.439. The minimum absolute atomic E-state index is 0.115. The second kappa shape index (κ2) is 11.2. The molecule has 5 rings (SSSR count). The summed E-state index contributed by atoms with van der Waals surface area (Å²) in [6.45, 7) is 8.21. The molecule has 2 N–H and O–H groups in total. The molecule has 0 radical (unpaired) electrons. The van der Waals surface area contributed by atoms with Gasteiger partial charge >= 0.3 is 6.03 Å². The molecule has 3 aromatic rings. The van der Waals surface area contributed by atoms with E-state index in [0.29, 0.717) is 25.5 Å². The lowest BCUT2D eigenvalue weighted by atomic mass is 10.1. The van der Waals surface area contributed by atoms with Crippen molar-refractivity contribution in [2.75, 3.05) is 44.7 Å². The van der Waals surface area contributed by atoms with Gasteiger partial charge in [-0.25, -0.2) is 9.78 Å². The van der Waals surface area contributed by atoms with Gasteiger partial charge in [-0.15, -0.1) is 11.3 Å². The van der Waals surface area contributed by atoms with Crippen LogP contribution in [0, 0.1) is 6.92 Å². The number of carbonyl (C=O) groups is 2. The number of pyridine rings is 1. The zero-order chi connectivity index (χ0) is 24.9. The number of benzene rings is 1. The standard InChI is InChI=1S/C27H31N5O3S/c1-19-22-5-2-3-6-23(22)36-24(19)17-28-25(33)8-7-20-15-21-18-32(27(34)30-26(21)29-16-20)10-4-9-31-11-13-35-14-12-31/h2-3,5-8,15-16H,4,9-14,17-18H2,1H3,(H,28,33)(H,29,30,34)/b8-7+. The van der Waals surface area contributed by atoms with Crippen LogP contribution in [-0.4, -0.2) is 66.1 Å². The van der Waals surface area contributed by atoms with Crippen molar-refractivity contribution >= 4 is 45.3 Å². The number of hydrogen-bond acceptors (Lipinski definition) is 6. The highest BCUT2D eigenvalue weighted by Gasteiger charge is 2.23. The van der Waals surface area contributed by atoms with E-state index in [2.05, 4.69) is 39.6 Å². The van der Waals surface area contributed by atoms with Crippen LogP contribution in [-0.2, 0) is 22.6 Å². The molecule has 2 aromatic heterocycles. The van der Waals surface area contributed by atoms with Crippen molar-refractivity contribution in [3.05, 3.63) is 64.2 Å². The molecule has 0 aliphatic carbocycles. The molecule has 0 saturated carbocycles. The molecular formula is C27H31N5O3S. The van der Waals surface area contributed by atoms with Gasteiger partial charge in [0.25, 0.3) is 0 Å². The van der Waals surface area contributed by atoms with Gasteiger partial charge in [-0.05, 0) is 48.1 Å². The summed E-state index contributed by atoms with van der Waals surface area (Å²) >= 11 is 1.71. The van der Waals surface area contributed by atoms with Crippen molar-refractivity contribution < 1.29 is 14.3 Å². The Morgan fingerprint density at radius 2 is 2.08 bits per heavy atom. The van der Waals surface area contributed by atoms with Crippen LogP contribution in [0.25, 0.3) is 16.2 Å². The normalized spacial score (nSPS) is 16.4. The number of anilines is 1. The highest BCUT2D eigenvalue weighted by atomic mass is 32.1. The summed E-state index contributed by atoms with van der Waals surface area (Å²) in [6.07, 6.45) is 5.88. The number of thiophene rings is 1. The number of aromatic nitrogens is 1. The first-order valence-corrected chi connectivity index (χ1v) is 13.2. The van der Waals surface area contributed by atoms with Crippen molar-refractivity contribution in [1.82, 2.24) is 20.1 Å². The summed E-state index contributed by atoms with van der Waals surface area (Å²) in [6, 6.07) is 10.2. The van der Waals surface area contributed by atoms with E-state index in [4.69, 9.17) is 4.74 Å². The van der Waals surface area contributed by atoms with Gasteiger partial charge in [0.1, 0.15) is 5.82 Å². The number of rotatable bonds is 8. The van der Waals surface area contributed by atoms with Gasteiger partial charge in [-0.1, -0.05) is 18.2 Å². The maximum Gasteiger partial charge on any atom is 0.323 e. The summed E-state index contributed by atoms with van der Waals surface area (Å²) in [5, 5.41) is 7.11. The number of fused-ring (bicyclic) bond motifs is 2. The molecule has 2 aliphatic heterocycles. The number of urea groups is 1. The Hall–Kier alpha value is -3.27. The molecule has 36 heavy (non-hydrogen) atoms. The molecule has 1 saturated heterocycles. The molecule has 9 heteroatoms. The van der Waals surface area contributed by atoms with E-state index in [1.54, 1.807) is 23.6 Å². The summed E-state index contributed by atoms with van der Waals surface area (Å²) in [4.78, 5) is 34.7. The van der Waals surface area contributed by atoms with E-state index in [0.717, 1.165) is 55.3 Å². The first-order valence-electron chi connectivity index (χ1n) is 12.3. The van der Waals surface area contributed by atoms with Crippen molar-refractivity contribution in [1.29, 1.82) is 0 Å². The van der Waals surface area contributed by atoms with Gasteiger partial charge in [-0.3, -0.25) is 15.0 Å². The van der Waals surface area contributed by atoms with Crippen LogP contribution < -0.4 is 10.6 Å². The number of carbonyl (C=O) groups excluding carboxylic acids is 2. The second-order valence-electron chi connectivity index (χ2n) is 9.13. The fourth-order valence-electron chi connectivity index (χ4n) is 4.59. The predicted molar refractivity (Wildman–Crippen MR) is 143 cm³/mol. The molecule has 3 amide bonds. The second-order valence-corrected chi connectivity index (χ2v) is 10.3. The predicted octanol–water partition coefficient (Wildman–Crippen LogP) is 4.00. The third-order valence-electron chi connectivity index (χ3n) is 6.66. The fraction of sp³-hybridized carbons (Fsp3) is 0.370. The van der Waals surface area contributed by atoms with E-state index >= 15 is 0 Å². The van der Waals surface area contributed by atoms with E-state index in [9.17, 15) is 9.59 Å². The van der Waals surface area contributed by atoms with E-state index < -0.39 is 0 Å². The van der Waals surface area contributed by atoms with Crippen LogP contribution in [0.3, 0.4) is 0 Å². The van der Waals surface area contributed by atoms with Crippen LogP contribution in [0.5, 0.6) is 0 Å². The topological polar surface area (TPSA) is 86.8 Å². The van der Waals surface area contributed by atoms with E-state index in [1.807, 2.05) is 23.1 Å². The molecule has 0 spiro atoms. The molecule has 8 nitrogen and oxygen atoms in total. The molecule has 0 unspecified atom stereocenters. The largest absolute Gasteiger partial charge is 0.379 e. The Kier molecular flexibility index (Phi) is 7.60. The van der Waals surface area contributed by atoms with Gasteiger partial charge in [-0.2, -0.15) is 0 Å². The van der Waals surface area contributed by atoms with Crippen LogP contribution in [0.4, 0.5) is 10.6 Å². The maximum absolute atomic E-state index is 12.5. The average molecular weight is 506 g/mol. The molecular weight excluding hydrogens is 474 g/mol. The monoisotopic (exact) mass is 505 g/mol. The van der Waals surface area contributed by atoms with Crippen molar-refractivity contribution in [2.24, 2.45) is 0 Å². The van der Waals surface area contributed by atoms with E-state index in [1.165, 1.54) is 21.7 Å². The summed E-state index contributed by atoms with van der Waals surface area (Å²) in [5.41, 5.74) is 2.99. The smallest absolute Gasteiger partial charge is 0.323 e. The molecule has 1 fully saturated rings. The Morgan fingerprint density at radius 3 is 2.92 bits per heavy atom. The third-order valence-corrected chi connectivity index (χ3v) is 7.93. The fourth-order valence-corrected chi connectivity index (χ4v) is 5.74. The van der Waals surface area contributed by atoms with Gasteiger partial charge in [0.2, 0.25) is 5.91 Å². The quantitative estimate of drug-likeness (QED) is 0.452. The lowest BCUT2D eigenvalue weighted by Crippen LogP contribution is -2.42. The molecule has 1 aromatic carbocycles. The minimum atomic E-state index is -0.150. The van der Waals surface area contributed by atoms with Gasteiger partial charge in [0.05, 0.1) is 26.3 Å². The van der Waals surface area contributed by atoms with Crippen LogP contribution in [0.1, 0.15) is 28.0 Å². The number of amides is 3. The Bertz CT molecular complexity index is 1280.